The van der Waals surface area contributed by atoms with E-state index < -0.39 is 10.0 Å². The first-order valence-electron chi connectivity index (χ1n) is 7.16. The molecule has 23 heavy (non-hydrogen) atoms. The first-order valence-corrected chi connectivity index (χ1v) is 8.65. The van der Waals surface area contributed by atoms with E-state index >= 15 is 0 Å². The van der Waals surface area contributed by atoms with E-state index in [1.807, 2.05) is 30.3 Å². The number of H-pyrrole nitrogens is 1. The fourth-order valence-electron chi connectivity index (χ4n) is 2.11. The fraction of sp³-hybridized carbons (Fsp3) is 0.125. The van der Waals surface area contributed by atoms with Crippen molar-refractivity contribution in [1.82, 2.24) is 19.9 Å². The number of sulfonamides is 1. The van der Waals surface area contributed by atoms with Gasteiger partial charge in [0.15, 0.2) is 5.82 Å². The third kappa shape index (κ3) is 3.82. The zero-order valence-corrected chi connectivity index (χ0v) is 13.1. The molecule has 0 unspecified atom stereocenters. The van der Waals surface area contributed by atoms with Gasteiger partial charge in [0, 0.05) is 18.5 Å². The van der Waals surface area contributed by atoms with Crippen LogP contribution in [0.25, 0.3) is 11.4 Å². The molecule has 3 aromatic rings. The van der Waals surface area contributed by atoms with Gasteiger partial charge in [-0.25, -0.2) is 18.1 Å². The largest absolute Gasteiger partial charge is 0.263 e. The Bertz CT molecular complexity index is 861. The number of nitrogens with zero attached hydrogens (tertiary/aromatic N) is 2. The average Bonchev–Trinajstić information content (AvgIpc) is 3.05. The highest BCUT2D eigenvalue weighted by atomic mass is 32.2. The number of aromatic nitrogens is 3. The van der Waals surface area contributed by atoms with E-state index in [9.17, 15) is 8.42 Å². The summed E-state index contributed by atoms with van der Waals surface area (Å²) >= 11 is 0. The molecule has 0 radical (unpaired) electrons. The number of rotatable bonds is 6. The maximum atomic E-state index is 12.1. The number of benzene rings is 2. The standard InChI is InChI=1S/C16H16N4O2S/c21-23(22,14-9-5-2-6-10-14)17-12-11-15-18-16(20-19-15)13-7-3-1-4-8-13/h1-10,17H,11-12H2,(H,18,19,20). The van der Waals surface area contributed by atoms with Crippen molar-refractivity contribution in [3.05, 3.63) is 66.5 Å². The number of hydrogen-bond acceptors (Lipinski definition) is 4. The second-order valence-electron chi connectivity index (χ2n) is 4.93. The molecule has 2 aromatic carbocycles. The molecule has 7 heteroatoms. The minimum atomic E-state index is -3.49. The summed E-state index contributed by atoms with van der Waals surface area (Å²) in [4.78, 5) is 4.62. The molecule has 0 aliphatic rings. The van der Waals surface area contributed by atoms with Gasteiger partial charge in [-0.05, 0) is 12.1 Å². The number of nitrogens with one attached hydrogen (secondary N) is 2. The number of aromatic amines is 1. The van der Waals surface area contributed by atoms with Crippen molar-refractivity contribution in [3.63, 3.8) is 0 Å². The van der Waals surface area contributed by atoms with Crippen LogP contribution >= 0.6 is 0 Å². The van der Waals surface area contributed by atoms with Crippen LogP contribution in [0, 0.1) is 0 Å². The van der Waals surface area contributed by atoms with Crippen molar-refractivity contribution in [2.24, 2.45) is 0 Å². The van der Waals surface area contributed by atoms with Crippen LogP contribution in [-0.4, -0.2) is 30.1 Å². The van der Waals surface area contributed by atoms with Crippen LogP contribution in [0.3, 0.4) is 0 Å². The average molecular weight is 328 g/mol. The van der Waals surface area contributed by atoms with Crippen molar-refractivity contribution in [3.8, 4) is 11.4 Å². The lowest BCUT2D eigenvalue weighted by atomic mass is 10.2. The highest BCUT2D eigenvalue weighted by molar-refractivity contribution is 7.89. The molecular weight excluding hydrogens is 312 g/mol. The Labute approximate surface area is 134 Å². The predicted octanol–water partition coefficient (Wildman–Crippen LogP) is 1.99. The predicted molar refractivity (Wildman–Crippen MR) is 87.2 cm³/mol. The van der Waals surface area contributed by atoms with Crippen LogP contribution in [0.2, 0.25) is 0 Å². The van der Waals surface area contributed by atoms with Gasteiger partial charge in [0.1, 0.15) is 5.82 Å². The summed E-state index contributed by atoms with van der Waals surface area (Å²) in [6.45, 7) is 0.251. The summed E-state index contributed by atoms with van der Waals surface area (Å²) < 4.78 is 26.7. The minimum Gasteiger partial charge on any atom is -0.263 e. The van der Waals surface area contributed by atoms with Gasteiger partial charge < -0.3 is 0 Å². The van der Waals surface area contributed by atoms with E-state index in [1.54, 1.807) is 30.3 Å². The molecule has 1 aromatic heterocycles. The molecular formula is C16H16N4O2S. The molecule has 2 N–H and O–H groups in total. The van der Waals surface area contributed by atoms with Crippen LogP contribution in [0.5, 0.6) is 0 Å². The molecule has 0 aliphatic heterocycles. The molecule has 0 saturated carbocycles. The van der Waals surface area contributed by atoms with Crippen molar-refractivity contribution in [2.45, 2.75) is 11.3 Å². The highest BCUT2D eigenvalue weighted by Crippen LogP contribution is 2.13. The van der Waals surface area contributed by atoms with Gasteiger partial charge in [-0.1, -0.05) is 48.5 Å². The van der Waals surface area contributed by atoms with Crippen molar-refractivity contribution in [1.29, 1.82) is 0 Å². The third-order valence-corrected chi connectivity index (χ3v) is 4.75. The first-order chi connectivity index (χ1) is 11.1. The summed E-state index contributed by atoms with van der Waals surface area (Å²) in [5.74, 6) is 1.24. The van der Waals surface area contributed by atoms with Crippen LogP contribution < -0.4 is 4.72 Å². The van der Waals surface area contributed by atoms with Gasteiger partial charge in [0.05, 0.1) is 4.90 Å². The third-order valence-electron chi connectivity index (χ3n) is 3.27. The van der Waals surface area contributed by atoms with Crippen LogP contribution in [0.4, 0.5) is 0 Å². The van der Waals surface area contributed by atoms with Crippen molar-refractivity contribution >= 4 is 10.0 Å². The molecule has 3 rings (SSSR count). The van der Waals surface area contributed by atoms with Gasteiger partial charge in [-0.2, -0.15) is 5.10 Å². The van der Waals surface area contributed by atoms with Gasteiger partial charge in [-0.15, -0.1) is 0 Å². The molecule has 118 valence electrons. The minimum absolute atomic E-state index is 0.251. The smallest absolute Gasteiger partial charge is 0.240 e. The highest BCUT2D eigenvalue weighted by Gasteiger charge is 2.13. The maximum Gasteiger partial charge on any atom is 0.240 e. The van der Waals surface area contributed by atoms with Crippen molar-refractivity contribution in [2.75, 3.05) is 6.54 Å². The lowest BCUT2D eigenvalue weighted by molar-refractivity contribution is 0.581. The Morgan fingerprint density at radius 3 is 2.30 bits per heavy atom. The molecule has 0 fully saturated rings. The second kappa shape index (κ2) is 6.72. The summed E-state index contributed by atoms with van der Waals surface area (Å²) in [6, 6.07) is 17.9. The first kappa shape index (κ1) is 15.4. The fourth-order valence-corrected chi connectivity index (χ4v) is 3.16. The molecule has 0 spiro atoms. The second-order valence-corrected chi connectivity index (χ2v) is 6.70. The Morgan fingerprint density at radius 2 is 1.61 bits per heavy atom. The molecule has 0 bridgehead atoms. The van der Waals surface area contributed by atoms with E-state index in [1.165, 1.54) is 0 Å². The molecule has 0 saturated heterocycles. The van der Waals surface area contributed by atoms with Gasteiger partial charge in [-0.3, -0.25) is 5.10 Å². The number of hydrogen-bond donors (Lipinski definition) is 2. The van der Waals surface area contributed by atoms with Gasteiger partial charge in [0.25, 0.3) is 0 Å². The lowest BCUT2D eigenvalue weighted by Gasteiger charge is -2.05. The van der Waals surface area contributed by atoms with Crippen LogP contribution in [0.15, 0.2) is 65.6 Å². The Morgan fingerprint density at radius 1 is 0.957 bits per heavy atom. The molecule has 0 amide bonds. The summed E-state index contributed by atoms with van der Waals surface area (Å²) in [5.41, 5.74) is 0.917. The quantitative estimate of drug-likeness (QED) is 0.724. The zero-order valence-electron chi connectivity index (χ0n) is 12.3. The van der Waals surface area contributed by atoms with Crippen LogP contribution in [0.1, 0.15) is 5.82 Å². The monoisotopic (exact) mass is 328 g/mol. The van der Waals surface area contributed by atoms with E-state index in [0.29, 0.717) is 18.1 Å². The van der Waals surface area contributed by atoms with E-state index in [2.05, 4.69) is 19.9 Å². The lowest BCUT2D eigenvalue weighted by Crippen LogP contribution is -2.26. The zero-order chi connectivity index (χ0) is 16.1. The Balaban J connectivity index is 1.61. The summed E-state index contributed by atoms with van der Waals surface area (Å²) in [7, 11) is -3.49. The summed E-state index contributed by atoms with van der Waals surface area (Å²) in [6.07, 6.45) is 0.436. The molecule has 0 atom stereocenters. The van der Waals surface area contributed by atoms with Crippen molar-refractivity contribution < 1.29 is 8.42 Å². The Hall–Kier alpha value is -2.51. The Kier molecular flexibility index (Phi) is 4.50. The van der Waals surface area contributed by atoms with E-state index in [0.717, 1.165) is 5.56 Å². The normalized spacial score (nSPS) is 11.5. The van der Waals surface area contributed by atoms with Gasteiger partial charge in [0.2, 0.25) is 10.0 Å². The summed E-state index contributed by atoms with van der Waals surface area (Å²) in [5, 5.41) is 6.98. The topological polar surface area (TPSA) is 87.7 Å². The van der Waals surface area contributed by atoms with E-state index in [-0.39, 0.29) is 11.4 Å². The maximum absolute atomic E-state index is 12.1. The van der Waals surface area contributed by atoms with E-state index in [4.69, 9.17) is 0 Å². The van der Waals surface area contributed by atoms with Gasteiger partial charge >= 0.3 is 0 Å². The molecule has 0 aliphatic carbocycles. The van der Waals surface area contributed by atoms with Crippen LogP contribution in [-0.2, 0) is 16.4 Å². The molecule has 1 heterocycles. The molecule has 6 nitrogen and oxygen atoms in total. The SMILES string of the molecule is O=S(=O)(NCCc1nc(-c2ccccc2)n[nH]1)c1ccccc1.